The molecule has 1 amide bonds. The number of amides is 1. The topological polar surface area (TPSA) is 66.8 Å². The van der Waals surface area contributed by atoms with Crippen LogP contribution in [0.2, 0.25) is 0 Å². The second kappa shape index (κ2) is 4.10. The Morgan fingerprint density at radius 1 is 1.33 bits per heavy atom. The van der Waals surface area contributed by atoms with Gasteiger partial charge < -0.3 is 9.84 Å². The van der Waals surface area contributed by atoms with E-state index >= 15 is 0 Å². The summed E-state index contributed by atoms with van der Waals surface area (Å²) < 4.78 is 18.8. The first-order chi connectivity index (χ1) is 8.20. The third-order valence-corrected chi connectivity index (χ3v) is 3.45. The van der Waals surface area contributed by atoms with Crippen LogP contribution in [0.5, 0.6) is 0 Å². The van der Waals surface area contributed by atoms with Crippen LogP contribution in [-0.4, -0.2) is 45.9 Å². The van der Waals surface area contributed by atoms with Crippen molar-refractivity contribution < 1.29 is 23.8 Å². The first-order valence-electron chi connectivity index (χ1n) is 6.09. The van der Waals surface area contributed by atoms with Crippen LogP contribution in [0.1, 0.15) is 33.6 Å². The van der Waals surface area contributed by atoms with Gasteiger partial charge in [0.05, 0.1) is 6.04 Å². The Morgan fingerprint density at radius 2 is 1.94 bits per heavy atom. The van der Waals surface area contributed by atoms with Gasteiger partial charge in [-0.2, -0.15) is 0 Å². The number of aliphatic carboxylic acids is 1. The lowest BCUT2D eigenvalue weighted by Gasteiger charge is -2.35. The van der Waals surface area contributed by atoms with E-state index in [1.807, 2.05) is 0 Å². The highest BCUT2D eigenvalue weighted by molar-refractivity contribution is 5.82. The molecule has 0 aromatic rings. The zero-order valence-corrected chi connectivity index (χ0v) is 10.7. The maximum absolute atomic E-state index is 13.7. The number of ether oxygens (including phenoxy) is 1. The maximum Gasteiger partial charge on any atom is 0.411 e. The molecule has 1 saturated heterocycles. The van der Waals surface area contributed by atoms with Gasteiger partial charge in [-0.1, -0.05) is 0 Å². The third kappa shape index (κ3) is 2.15. The number of carbonyl (C=O) groups excluding carboxylic acids is 1. The Morgan fingerprint density at radius 3 is 2.44 bits per heavy atom. The molecule has 18 heavy (non-hydrogen) atoms. The van der Waals surface area contributed by atoms with Crippen LogP contribution in [0, 0.1) is 5.92 Å². The van der Waals surface area contributed by atoms with E-state index in [-0.39, 0.29) is 12.3 Å². The van der Waals surface area contributed by atoms with Gasteiger partial charge in [-0.05, 0) is 39.5 Å². The van der Waals surface area contributed by atoms with Crippen molar-refractivity contribution >= 4 is 12.1 Å². The fraction of sp³-hybridized carbons (Fsp3) is 0.833. The summed E-state index contributed by atoms with van der Waals surface area (Å²) in [6.45, 7) is 5.09. The van der Waals surface area contributed by atoms with Crippen LogP contribution >= 0.6 is 0 Å². The predicted octanol–water partition coefficient (Wildman–Crippen LogP) is 1.81. The standard InChI is InChI=1S/C12H18FNO4/c1-12(2,3)18-11(17)14-8-5-6(4-7(8)13)9(14)10(15)16/h6-9H,4-5H2,1-3H3,(H,15,16)/t6?,7-,8?,9+/m0/s1. The van der Waals surface area contributed by atoms with Crippen molar-refractivity contribution in [2.24, 2.45) is 5.92 Å². The van der Waals surface area contributed by atoms with Crippen LogP contribution < -0.4 is 0 Å². The van der Waals surface area contributed by atoms with Gasteiger partial charge in [0.1, 0.15) is 17.8 Å². The molecular weight excluding hydrogens is 241 g/mol. The second-order valence-corrected chi connectivity index (χ2v) is 5.99. The van der Waals surface area contributed by atoms with Gasteiger partial charge in [0.25, 0.3) is 0 Å². The molecule has 1 aliphatic heterocycles. The van der Waals surface area contributed by atoms with Crippen molar-refractivity contribution in [3.63, 3.8) is 0 Å². The summed E-state index contributed by atoms with van der Waals surface area (Å²) in [5.41, 5.74) is -0.715. The van der Waals surface area contributed by atoms with E-state index in [9.17, 15) is 14.0 Å². The first kappa shape index (κ1) is 13.1. The van der Waals surface area contributed by atoms with E-state index in [0.717, 1.165) is 4.90 Å². The van der Waals surface area contributed by atoms with E-state index in [2.05, 4.69) is 0 Å². The van der Waals surface area contributed by atoms with E-state index < -0.39 is 35.9 Å². The summed E-state index contributed by atoms with van der Waals surface area (Å²) in [4.78, 5) is 24.3. The minimum atomic E-state index is -1.14. The van der Waals surface area contributed by atoms with Crippen LogP contribution in [0.25, 0.3) is 0 Å². The Kier molecular flexibility index (Phi) is 2.99. The molecule has 1 N–H and O–H groups in total. The number of halogens is 1. The van der Waals surface area contributed by atoms with Gasteiger partial charge in [-0.15, -0.1) is 0 Å². The summed E-state index contributed by atoms with van der Waals surface area (Å²) >= 11 is 0. The van der Waals surface area contributed by atoms with Crippen molar-refractivity contribution in [2.45, 2.75) is 57.5 Å². The third-order valence-electron chi connectivity index (χ3n) is 3.45. The highest BCUT2D eigenvalue weighted by atomic mass is 19.1. The van der Waals surface area contributed by atoms with Gasteiger partial charge in [0.2, 0.25) is 0 Å². The van der Waals surface area contributed by atoms with Gasteiger partial charge in [-0.25, -0.2) is 14.0 Å². The lowest BCUT2D eigenvalue weighted by atomic mass is 9.98. The van der Waals surface area contributed by atoms with Gasteiger partial charge in [-0.3, -0.25) is 4.90 Å². The Hall–Kier alpha value is -1.33. The molecule has 0 aromatic carbocycles. The van der Waals surface area contributed by atoms with Crippen LogP contribution in [0.4, 0.5) is 9.18 Å². The van der Waals surface area contributed by atoms with Crippen LogP contribution in [0.15, 0.2) is 0 Å². The fourth-order valence-electron chi connectivity index (χ4n) is 2.86. The average molecular weight is 259 g/mol. The van der Waals surface area contributed by atoms with E-state index in [1.54, 1.807) is 20.8 Å². The molecule has 5 nitrogen and oxygen atoms in total. The van der Waals surface area contributed by atoms with E-state index in [1.165, 1.54) is 0 Å². The van der Waals surface area contributed by atoms with Gasteiger partial charge in [0, 0.05) is 0 Å². The molecule has 102 valence electrons. The maximum atomic E-state index is 13.7. The smallest absolute Gasteiger partial charge is 0.411 e. The van der Waals surface area contributed by atoms with Gasteiger partial charge in [0.15, 0.2) is 0 Å². The lowest BCUT2D eigenvalue weighted by Crippen LogP contribution is -2.53. The van der Waals surface area contributed by atoms with E-state index in [0.29, 0.717) is 6.42 Å². The number of carbonyl (C=O) groups is 2. The summed E-state index contributed by atoms with van der Waals surface area (Å²) in [5, 5.41) is 9.17. The fourth-order valence-corrected chi connectivity index (χ4v) is 2.86. The number of likely N-dealkylation sites (tertiary alicyclic amines) is 1. The molecule has 2 bridgehead atoms. The molecule has 2 aliphatic rings. The molecule has 2 fully saturated rings. The molecule has 2 rings (SSSR count). The van der Waals surface area contributed by atoms with Gasteiger partial charge >= 0.3 is 12.1 Å². The normalized spacial score (nSPS) is 34.8. The molecule has 0 aromatic heterocycles. The zero-order valence-electron chi connectivity index (χ0n) is 10.7. The number of fused-ring (bicyclic) bond motifs is 2. The molecular formula is C12H18FNO4. The largest absolute Gasteiger partial charge is 0.480 e. The number of nitrogens with zero attached hydrogens (tertiary/aromatic N) is 1. The average Bonchev–Trinajstić information content (AvgIpc) is 2.69. The molecule has 4 atom stereocenters. The molecule has 0 spiro atoms. The van der Waals surface area contributed by atoms with Crippen molar-refractivity contribution in [3.05, 3.63) is 0 Å². The SMILES string of the molecule is CC(C)(C)OC(=O)N1C2CC(C[C@@H]2F)[C@@H]1C(=O)O. The quantitative estimate of drug-likeness (QED) is 0.779. The van der Waals surface area contributed by atoms with Crippen LogP contribution in [0.3, 0.4) is 0 Å². The minimum absolute atomic E-state index is 0.223. The molecule has 1 saturated carbocycles. The summed E-state index contributed by atoms with van der Waals surface area (Å²) in [5.74, 6) is -1.38. The summed E-state index contributed by atoms with van der Waals surface area (Å²) in [7, 11) is 0. The number of hydrogen-bond donors (Lipinski definition) is 1. The molecule has 6 heteroatoms. The Bertz CT molecular complexity index is 379. The van der Waals surface area contributed by atoms with Crippen molar-refractivity contribution in [3.8, 4) is 0 Å². The molecule has 1 heterocycles. The first-order valence-corrected chi connectivity index (χ1v) is 6.09. The number of rotatable bonds is 1. The molecule has 1 aliphatic carbocycles. The number of carboxylic acid groups (broad SMARTS) is 1. The Balaban J connectivity index is 2.19. The predicted molar refractivity (Wildman–Crippen MR) is 60.9 cm³/mol. The number of piperidine rings is 1. The molecule has 0 radical (unpaired) electrons. The van der Waals surface area contributed by atoms with Crippen LogP contribution in [-0.2, 0) is 9.53 Å². The monoisotopic (exact) mass is 259 g/mol. The Labute approximate surface area is 105 Å². The summed E-state index contributed by atoms with van der Waals surface area (Å²) in [6, 6.07) is -1.59. The zero-order chi connectivity index (χ0) is 13.7. The van der Waals surface area contributed by atoms with Crippen molar-refractivity contribution in [2.75, 3.05) is 0 Å². The number of carboxylic acids is 1. The summed E-state index contributed by atoms with van der Waals surface area (Å²) in [6.07, 6.45) is -1.24. The minimum Gasteiger partial charge on any atom is -0.480 e. The highest BCUT2D eigenvalue weighted by Gasteiger charge is 2.57. The second-order valence-electron chi connectivity index (χ2n) is 5.99. The van der Waals surface area contributed by atoms with Crippen molar-refractivity contribution in [1.29, 1.82) is 0 Å². The lowest BCUT2D eigenvalue weighted by molar-refractivity contribution is -0.145. The van der Waals surface area contributed by atoms with Crippen molar-refractivity contribution in [1.82, 2.24) is 4.90 Å². The highest BCUT2D eigenvalue weighted by Crippen LogP contribution is 2.44. The number of alkyl halides is 1. The molecule has 2 unspecified atom stereocenters. The number of hydrogen-bond acceptors (Lipinski definition) is 3. The van der Waals surface area contributed by atoms with E-state index in [4.69, 9.17) is 9.84 Å².